The van der Waals surface area contributed by atoms with E-state index < -0.39 is 0 Å². The van der Waals surface area contributed by atoms with Gasteiger partial charge in [0.1, 0.15) is 0 Å². The van der Waals surface area contributed by atoms with E-state index in [4.69, 9.17) is 5.11 Å². The van der Waals surface area contributed by atoms with Crippen LogP contribution in [0.4, 0.5) is 4.79 Å². The lowest BCUT2D eigenvalue weighted by atomic mass is 10.0. The molecule has 5 nitrogen and oxygen atoms in total. The summed E-state index contributed by atoms with van der Waals surface area (Å²) in [4.78, 5) is 16.7. The molecular formula is C17H29N3O2. The number of urea groups is 1. The number of aliphatic hydroxyl groups is 1. The van der Waals surface area contributed by atoms with E-state index in [2.05, 4.69) is 17.3 Å². The van der Waals surface area contributed by atoms with Gasteiger partial charge < -0.3 is 20.2 Å². The second-order valence-corrected chi connectivity index (χ2v) is 7.89. The van der Waals surface area contributed by atoms with Crippen LogP contribution >= 0.6 is 0 Å². The molecule has 2 bridgehead atoms. The quantitative estimate of drug-likeness (QED) is 0.818. The second kappa shape index (κ2) is 5.68. The molecule has 1 saturated heterocycles. The summed E-state index contributed by atoms with van der Waals surface area (Å²) < 4.78 is 0. The molecule has 1 heterocycles. The van der Waals surface area contributed by atoms with E-state index in [1.807, 2.05) is 4.90 Å². The first-order valence-electron chi connectivity index (χ1n) is 9.05. The maximum absolute atomic E-state index is 12.5. The Bertz CT molecular complexity index is 420. The van der Waals surface area contributed by atoms with Crippen molar-refractivity contribution in [3.63, 3.8) is 0 Å². The normalized spacial score (nSPS) is 40.1. The molecule has 22 heavy (non-hydrogen) atoms. The minimum atomic E-state index is 0.169. The zero-order valence-electron chi connectivity index (χ0n) is 13.6. The van der Waals surface area contributed by atoms with Crippen LogP contribution in [0.25, 0.3) is 0 Å². The number of rotatable bonds is 4. The number of fused-ring (bicyclic) bond motifs is 5. The Morgan fingerprint density at radius 3 is 2.41 bits per heavy atom. The molecule has 0 aromatic rings. The Kier molecular flexibility index (Phi) is 3.81. The Hall–Kier alpha value is -0.810. The minimum Gasteiger partial charge on any atom is -0.395 e. The first kappa shape index (κ1) is 14.8. The fraction of sp³-hybridized carbons (Fsp3) is 0.941. The number of amides is 2. The van der Waals surface area contributed by atoms with Crippen molar-refractivity contribution in [2.24, 2.45) is 23.7 Å². The van der Waals surface area contributed by atoms with E-state index in [0.717, 1.165) is 56.1 Å². The van der Waals surface area contributed by atoms with E-state index in [1.54, 1.807) is 0 Å². The molecule has 1 aliphatic heterocycles. The van der Waals surface area contributed by atoms with Gasteiger partial charge in [-0.25, -0.2) is 4.79 Å². The summed E-state index contributed by atoms with van der Waals surface area (Å²) in [6.07, 6.45) is 6.28. The lowest BCUT2D eigenvalue weighted by molar-refractivity contribution is 0.118. The third-order valence-corrected chi connectivity index (χ3v) is 6.85. The zero-order chi connectivity index (χ0) is 15.3. The highest BCUT2D eigenvalue weighted by Gasteiger charge is 2.65. The summed E-state index contributed by atoms with van der Waals surface area (Å²) in [5, 5.41) is 12.4. The topological polar surface area (TPSA) is 55.8 Å². The van der Waals surface area contributed by atoms with Gasteiger partial charge in [-0.05, 0) is 62.8 Å². The molecule has 0 spiro atoms. The fourth-order valence-electron chi connectivity index (χ4n) is 5.60. The number of nitrogens with one attached hydrogen (secondary N) is 1. The number of carbonyl (C=O) groups is 1. The molecule has 0 radical (unpaired) electrons. The van der Waals surface area contributed by atoms with Gasteiger partial charge in [0.05, 0.1) is 6.61 Å². The van der Waals surface area contributed by atoms with Gasteiger partial charge in [0.25, 0.3) is 0 Å². The van der Waals surface area contributed by atoms with Crippen molar-refractivity contribution in [3.8, 4) is 0 Å². The SMILES string of the molecule is CN(CCO)C1CCN(C(=O)NC2[C@@H]3[C@H]4CC[C@@H](C4)[C@H]23)CC1. The predicted octanol–water partition coefficient (Wildman–Crippen LogP) is 1.13. The third-order valence-electron chi connectivity index (χ3n) is 6.85. The van der Waals surface area contributed by atoms with E-state index in [0.29, 0.717) is 12.1 Å². The predicted molar refractivity (Wildman–Crippen MR) is 84.4 cm³/mol. The summed E-state index contributed by atoms with van der Waals surface area (Å²) in [6.45, 7) is 2.64. The largest absolute Gasteiger partial charge is 0.395 e. The Morgan fingerprint density at radius 1 is 1.18 bits per heavy atom. The molecule has 124 valence electrons. The van der Waals surface area contributed by atoms with Crippen molar-refractivity contribution >= 4 is 6.03 Å². The van der Waals surface area contributed by atoms with Gasteiger partial charge in [-0.2, -0.15) is 0 Å². The van der Waals surface area contributed by atoms with Crippen molar-refractivity contribution in [2.75, 3.05) is 33.3 Å². The Morgan fingerprint density at radius 2 is 1.82 bits per heavy atom. The third kappa shape index (κ3) is 2.42. The van der Waals surface area contributed by atoms with Crippen molar-refractivity contribution in [3.05, 3.63) is 0 Å². The van der Waals surface area contributed by atoms with Gasteiger partial charge in [0.2, 0.25) is 0 Å². The average Bonchev–Trinajstić information content (AvgIpc) is 2.92. The van der Waals surface area contributed by atoms with Crippen molar-refractivity contribution in [2.45, 2.75) is 44.2 Å². The highest BCUT2D eigenvalue weighted by molar-refractivity contribution is 5.75. The molecule has 2 N–H and O–H groups in total. The van der Waals surface area contributed by atoms with E-state index in [-0.39, 0.29) is 12.6 Å². The lowest BCUT2D eigenvalue weighted by Gasteiger charge is -2.36. The van der Waals surface area contributed by atoms with E-state index in [9.17, 15) is 4.79 Å². The van der Waals surface area contributed by atoms with Gasteiger partial charge in [0, 0.05) is 31.7 Å². The maximum atomic E-state index is 12.5. The van der Waals surface area contributed by atoms with Crippen LogP contribution in [-0.4, -0.2) is 66.3 Å². The monoisotopic (exact) mass is 307 g/mol. The number of carbonyl (C=O) groups excluding carboxylic acids is 1. The second-order valence-electron chi connectivity index (χ2n) is 7.89. The lowest BCUT2D eigenvalue weighted by Crippen LogP contribution is -2.50. The Labute approximate surface area is 133 Å². The van der Waals surface area contributed by atoms with E-state index in [1.165, 1.54) is 19.3 Å². The van der Waals surface area contributed by atoms with Crippen LogP contribution in [0.2, 0.25) is 0 Å². The molecule has 2 amide bonds. The zero-order valence-corrected chi connectivity index (χ0v) is 13.6. The van der Waals surface area contributed by atoms with Crippen LogP contribution in [0.1, 0.15) is 32.1 Å². The van der Waals surface area contributed by atoms with Crippen LogP contribution in [0.3, 0.4) is 0 Å². The molecule has 4 fully saturated rings. The molecule has 5 heteroatoms. The average molecular weight is 307 g/mol. The number of hydrogen-bond donors (Lipinski definition) is 2. The molecule has 0 aromatic carbocycles. The van der Waals surface area contributed by atoms with E-state index >= 15 is 0 Å². The number of aliphatic hydroxyl groups excluding tert-OH is 1. The molecule has 3 saturated carbocycles. The van der Waals surface area contributed by atoms with Crippen molar-refractivity contribution < 1.29 is 9.90 Å². The molecule has 1 unspecified atom stereocenters. The summed E-state index contributed by atoms with van der Waals surface area (Å²) >= 11 is 0. The summed E-state index contributed by atoms with van der Waals surface area (Å²) in [6, 6.07) is 1.17. The molecule has 4 rings (SSSR count). The number of hydrogen-bond acceptors (Lipinski definition) is 3. The first-order chi connectivity index (χ1) is 10.7. The molecule has 4 aliphatic rings. The molecule has 3 aliphatic carbocycles. The number of piperidine rings is 1. The van der Waals surface area contributed by atoms with Crippen LogP contribution < -0.4 is 5.32 Å². The smallest absolute Gasteiger partial charge is 0.317 e. The summed E-state index contributed by atoms with van der Waals surface area (Å²) in [5.74, 6) is 3.46. The van der Waals surface area contributed by atoms with Gasteiger partial charge in [0.15, 0.2) is 0 Å². The number of nitrogens with zero attached hydrogens (tertiary/aromatic N) is 2. The summed E-state index contributed by atoms with van der Waals surface area (Å²) in [5.41, 5.74) is 0. The standard InChI is InChI=1S/C17H29N3O2/c1-19(8-9-21)13-4-6-20(7-5-13)17(22)18-16-14-11-2-3-12(10-11)15(14)16/h11-16,21H,2-10H2,1H3,(H,18,22)/t11-,12-,14-,15+,16?/m0/s1. The van der Waals surface area contributed by atoms with Crippen LogP contribution in [0.5, 0.6) is 0 Å². The first-order valence-corrected chi connectivity index (χ1v) is 9.05. The van der Waals surface area contributed by atoms with Crippen LogP contribution in [0, 0.1) is 23.7 Å². The van der Waals surface area contributed by atoms with Gasteiger partial charge >= 0.3 is 6.03 Å². The number of likely N-dealkylation sites (tertiary alicyclic amines) is 1. The van der Waals surface area contributed by atoms with Gasteiger partial charge in [-0.15, -0.1) is 0 Å². The van der Waals surface area contributed by atoms with Crippen molar-refractivity contribution in [1.29, 1.82) is 0 Å². The highest BCUT2D eigenvalue weighted by atomic mass is 16.3. The Balaban J connectivity index is 1.24. The number of likely N-dealkylation sites (N-methyl/N-ethyl adjacent to an activating group) is 1. The van der Waals surface area contributed by atoms with Crippen LogP contribution in [0.15, 0.2) is 0 Å². The molecule has 5 atom stereocenters. The molecule has 0 aromatic heterocycles. The van der Waals surface area contributed by atoms with Crippen LogP contribution in [-0.2, 0) is 0 Å². The maximum Gasteiger partial charge on any atom is 0.317 e. The van der Waals surface area contributed by atoms with Crippen molar-refractivity contribution in [1.82, 2.24) is 15.1 Å². The van der Waals surface area contributed by atoms with Gasteiger partial charge in [-0.3, -0.25) is 0 Å². The minimum absolute atomic E-state index is 0.169. The summed E-state index contributed by atoms with van der Waals surface area (Å²) in [7, 11) is 2.07. The van der Waals surface area contributed by atoms with Gasteiger partial charge in [-0.1, -0.05) is 0 Å². The fourth-order valence-corrected chi connectivity index (χ4v) is 5.60. The molecular weight excluding hydrogens is 278 g/mol. The highest BCUT2D eigenvalue weighted by Crippen LogP contribution is 2.65.